The molecule has 13 heavy (non-hydrogen) atoms. The fourth-order valence-electron chi connectivity index (χ4n) is 1.52. The summed E-state index contributed by atoms with van der Waals surface area (Å²) >= 11 is 0. The molecule has 0 spiro atoms. The Labute approximate surface area is 75.9 Å². The minimum absolute atomic E-state index is 0.384. The summed E-state index contributed by atoms with van der Waals surface area (Å²) in [6, 6.07) is -1.44. The van der Waals surface area contributed by atoms with Gasteiger partial charge in [0.25, 0.3) is 0 Å². The number of rotatable bonds is 2. The highest BCUT2D eigenvalue weighted by Crippen LogP contribution is 2.18. The maximum atomic E-state index is 10.6. The fraction of sp³-hybridized carbons (Fsp3) is 0.750. The predicted octanol–water partition coefficient (Wildman–Crippen LogP) is 1.90. The molecule has 2 unspecified atom stereocenters. The van der Waals surface area contributed by atoms with Gasteiger partial charge in [-0.2, -0.15) is 4.91 Å². The van der Waals surface area contributed by atoms with E-state index in [0.717, 1.165) is 0 Å². The topological polar surface area (TPSA) is 72.6 Å². The van der Waals surface area contributed by atoms with Crippen LogP contribution in [0.5, 0.6) is 0 Å². The van der Waals surface area contributed by atoms with Crippen molar-refractivity contribution in [1.82, 2.24) is 0 Å². The van der Waals surface area contributed by atoms with Crippen molar-refractivity contribution < 1.29 is 4.92 Å². The van der Waals surface area contributed by atoms with E-state index in [2.05, 4.69) is 5.18 Å². The summed E-state index contributed by atoms with van der Waals surface area (Å²) in [6.07, 6.45) is 6.16. The smallest absolute Gasteiger partial charge is 0.238 e. The van der Waals surface area contributed by atoms with Gasteiger partial charge in [-0.05, 0) is 19.3 Å². The molecule has 0 bridgehead atoms. The van der Waals surface area contributed by atoms with Crippen molar-refractivity contribution >= 4 is 0 Å². The highest BCUT2D eigenvalue weighted by atomic mass is 16.6. The standard InChI is InChI=1S/C8H12N2O3/c11-9-7-5-3-1-2-4-6-8(7)10(12)13/h1-2,7-8H,3-6H2/b2-1-. The second kappa shape index (κ2) is 4.69. The minimum atomic E-state index is -0.789. The summed E-state index contributed by atoms with van der Waals surface area (Å²) in [5, 5.41) is 13.4. The molecule has 1 aliphatic carbocycles. The molecule has 0 N–H and O–H groups in total. The number of nitro groups is 1. The molecule has 0 aliphatic heterocycles. The minimum Gasteiger partial charge on any atom is -0.264 e. The first-order valence-electron chi connectivity index (χ1n) is 4.36. The van der Waals surface area contributed by atoms with E-state index in [4.69, 9.17) is 0 Å². The average molecular weight is 184 g/mol. The first-order chi connectivity index (χ1) is 6.25. The number of nitrogens with zero attached hydrogens (tertiary/aromatic N) is 2. The Morgan fingerprint density at radius 2 is 1.92 bits per heavy atom. The lowest BCUT2D eigenvalue weighted by molar-refractivity contribution is -0.526. The predicted molar refractivity (Wildman–Crippen MR) is 48.0 cm³/mol. The lowest BCUT2D eigenvalue weighted by Gasteiger charge is -2.14. The molecule has 0 fully saturated rings. The number of nitroso groups, excluding NO2 is 1. The maximum Gasteiger partial charge on any atom is 0.238 e. The summed E-state index contributed by atoms with van der Waals surface area (Å²) in [6.45, 7) is 0. The largest absolute Gasteiger partial charge is 0.264 e. The molecule has 0 amide bonds. The summed E-state index contributed by atoms with van der Waals surface area (Å²) in [5.41, 5.74) is 0. The molecule has 0 heterocycles. The van der Waals surface area contributed by atoms with Crippen LogP contribution in [0.2, 0.25) is 0 Å². The molecule has 5 heteroatoms. The lowest BCUT2D eigenvalue weighted by atomic mass is 9.97. The van der Waals surface area contributed by atoms with Crippen LogP contribution in [0, 0.1) is 15.0 Å². The van der Waals surface area contributed by atoms with Crippen LogP contribution in [-0.4, -0.2) is 17.0 Å². The molecule has 72 valence electrons. The van der Waals surface area contributed by atoms with E-state index < -0.39 is 12.1 Å². The van der Waals surface area contributed by atoms with Gasteiger partial charge >= 0.3 is 0 Å². The van der Waals surface area contributed by atoms with Crippen LogP contribution >= 0.6 is 0 Å². The zero-order valence-electron chi connectivity index (χ0n) is 7.26. The Balaban J connectivity index is 2.69. The maximum absolute atomic E-state index is 10.6. The quantitative estimate of drug-likeness (QED) is 0.284. The Bertz CT molecular complexity index is 227. The molecule has 1 aliphatic rings. The van der Waals surface area contributed by atoms with Gasteiger partial charge in [0.2, 0.25) is 6.04 Å². The molecule has 0 saturated heterocycles. The molecule has 2 atom stereocenters. The van der Waals surface area contributed by atoms with Gasteiger partial charge in [-0.15, -0.1) is 0 Å². The van der Waals surface area contributed by atoms with Gasteiger partial charge in [0.05, 0.1) is 0 Å². The van der Waals surface area contributed by atoms with E-state index in [1.165, 1.54) is 0 Å². The van der Waals surface area contributed by atoms with Crippen LogP contribution in [0.1, 0.15) is 25.7 Å². The lowest BCUT2D eigenvalue weighted by Crippen LogP contribution is -2.32. The third-order valence-electron chi connectivity index (χ3n) is 2.28. The van der Waals surface area contributed by atoms with Gasteiger partial charge in [-0.3, -0.25) is 10.1 Å². The van der Waals surface area contributed by atoms with Crippen LogP contribution in [0.4, 0.5) is 0 Å². The van der Waals surface area contributed by atoms with Crippen molar-refractivity contribution in [3.8, 4) is 0 Å². The van der Waals surface area contributed by atoms with Crippen LogP contribution < -0.4 is 0 Å². The van der Waals surface area contributed by atoms with Crippen LogP contribution in [0.3, 0.4) is 0 Å². The van der Waals surface area contributed by atoms with Crippen molar-refractivity contribution in [2.24, 2.45) is 5.18 Å². The molecule has 0 aromatic heterocycles. The van der Waals surface area contributed by atoms with Crippen molar-refractivity contribution in [3.63, 3.8) is 0 Å². The van der Waals surface area contributed by atoms with Crippen molar-refractivity contribution in [1.29, 1.82) is 0 Å². The second-order valence-electron chi connectivity index (χ2n) is 3.15. The molecule has 0 saturated carbocycles. The summed E-state index contributed by atoms with van der Waals surface area (Å²) in [4.78, 5) is 20.5. The van der Waals surface area contributed by atoms with Gasteiger partial charge in [0, 0.05) is 11.3 Å². The molecular weight excluding hydrogens is 172 g/mol. The third-order valence-corrected chi connectivity index (χ3v) is 2.28. The van der Waals surface area contributed by atoms with Gasteiger partial charge in [-0.25, -0.2) is 0 Å². The average Bonchev–Trinajstić information content (AvgIpc) is 2.03. The van der Waals surface area contributed by atoms with E-state index in [-0.39, 0.29) is 4.92 Å². The van der Waals surface area contributed by atoms with Crippen molar-refractivity contribution in [2.75, 3.05) is 0 Å². The van der Waals surface area contributed by atoms with Gasteiger partial charge in [-0.1, -0.05) is 17.3 Å². The van der Waals surface area contributed by atoms with E-state index >= 15 is 0 Å². The number of allylic oxidation sites excluding steroid dienone is 2. The van der Waals surface area contributed by atoms with E-state index in [9.17, 15) is 15.0 Å². The SMILES string of the molecule is O=NC1CC/C=C\CCC1[N+](=O)[O-]. The summed E-state index contributed by atoms with van der Waals surface area (Å²) < 4.78 is 0. The van der Waals surface area contributed by atoms with Crippen LogP contribution in [-0.2, 0) is 0 Å². The van der Waals surface area contributed by atoms with E-state index in [0.29, 0.717) is 25.7 Å². The summed E-state index contributed by atoms with van der Waals surface area (Å²) in [5.74, 6) is 0. The van der Waals surface area contributed by atoms with Gasteiger partial charge in [0.1, 0.15) is 0 Å². The third kappa shape index (κ3) is 2.61. The highest BCUT2D eigenvalue weighted by molar-refractivity contribution is 4.90. The Kier molecular flexibility index (Phi) is 3.54. The molecule has 0 aromatic carbocycles. The Morgan fingerprint density at radius 1 is 1.31 bits per heavy atom. The van der Waals surface area contributed by atoms with E-state index in [1.54, 1.807) is 0 Å². The highest BCUT2D eigenvalue weighted by Gasteiger charge is 2.31. The Morgan fingerprint density at radius 3 is 2.46 bits per heavy atom. The fourth-order valence-corrected chi connectivity index (χ4v) is 1.52. The molecule has 0 aromatic rings. The monoisotopic (exact) mass is 184 g/mol. The van der Waals surface area contributed by atoms with Crippen LogP contribution in [0.25, 0.3) is 0 Å². The Hall–Kier alpha value is -1.26. The number of hydrogen-bond acceptors (Lipinski definition) is 4. The molecule has 0 radical (unpaired) electrons. The summed E-state index contributed by atoms with van der Waals surface area (Å²) in [7, 11) is 0. The van der Waals surface area contributed by atoms with Gasteiger partial charge in [0.15, 0.2) is 6.04 Å². The van der Waals surface area contributed by atoms with Crippen molar-refractivity contribution in [3.05, 3.63) is 27.2 Å². The molecule has 1 rings (SSSR count). The first-order valence-corrected chi connectivity index (χ1v) is 4.36. The second-order valence-corrected chi connectivity index (χ2v) is 3.15. The van der Waals surface area contributed by atoms with E-state index in [1.807, 2.05) is 12.2 Å². The van der Waals surface area contributed by atoms with Crippen molar-refractivity contribution in [2.45, 2.75) is 37.8 Å². The normalized spacial score (nSPS) is 31.4. The number of hydrogen-bond donors (Lipinski definition) is 0. The van der Waals surface area contributed by atoms with Crippen LogP contribution in [0.15, 0.2) is 17.3 Å². The first kappa shape index (κ1) is 9.83. The molecule has 5 nitrogen and oxygen atoms in total. The zero-order valence-corrected chi connectivity index (χ0v) is 7.26. The molecular formula is C8H12N2O3. The zero-order chi connectivity index (χ0) is 9.68. The van der Waals surface area contributed by atoms with Gasteiger partial charge < -0.3 is 0 Å².